The van der Waals surface area contributed by atoms with Crippen LogP contribution in [0.5, 0.6) is 11.5 Å². The van der Waals surface area contributed by atoms with Gasteiger partial charge in [0.2, 0.25) is 11.5 Å². The van der Waals surface area contributed by atoms with Crippen LogP contribution in [0.2, 0.25) is 0 Å². The summed E-state index contributed by atoms with van der Waals surface area (Å²) in [5.41, 5.74) is -0.866. The molecule has 4 rings (SSSR count). The Bertz CT molecular complexity index is 1540. The van der Waals surface area contributed by atoms with Crippen LogP contribution in [0.25, 0.3) is 11.3 Å². The molecule has 40 heavy (non-hydrogen) atoms. The molecule has 208 valence electrons. The molecular formula is C27H22F4N4O5. The molecule has 4 N–H and O–H groups in total. The minimum Gasteiger partial charge on any atom is -0.495 e. The number of benzene rings is 2. The van der Waals surface area contributed by atoms with Gasteiger partial charge in [-0.25, -0.2) is 9.37 Å². The fourth-order valence-corrected chi connectivity index (χ4v) is 4.17. The number of fused-ring (bicyclic) bond motifs is 1. The van der Waals surface area contributed by atoms with Gasteiger partial charge in [-0.1, -0.05) is 0 Å². The van der Waals surface area contributed by atoms with E-state index in [0.29, 0.717) is 0 Å². The van der Waals surface area contributed by atoms with Crippen LogP contribution in [0.1, 0.15) is 34.1 Å². The lowest BCUT2D eigenvalue weighted by molar-refractivity contribution is -0.265. The second-order valence-electron chi connectivity index (χ2n) is 9.29. The highest BCUT2D eigenvalue weighted by Gasteiger charge is 2.57. The first kappa shape index (κ1) is 28.3. The van der Waals surface area contributed by atoms with E-state index in [1.165, 1.54) is 38.3 Å². The number of carbonyl (C=O) groups excluding carboxylic acids is 2. The van der Waals surface area contributed by atoms with E-state index in [1.807, 2.05) is 6.07 Å². The number of hydrogen-bond donors (Lipinski definition) is 3. The van der Waals surface area contributed by atoms with Gasteiger partial charge in [-0.15, -0.1) is 0 Å². The number of aromatic nitrogens is 1. The number of pyridine rings is 1. The Hall–Kier alpha value is -4.70. The van der Waals surface area contributed by atoms with Crippen molar-refractivity contribution in [1.29, 1.82) is 5.26 Å². The lowest BCUT2D eigenvalue weighted by Crippen LogP contribution is -2.51. The van der Waals surface area contributed by atoms with Gasteiger partial charge in [-0.3, -0.25) is 9.59 Å². The molecule has 13 heteroatoms. The molecule has 2 heterocycles. The monoisotopic (exact) mass is 558 g/mol. The second kappa shape index (κ2) is 10.1. The van der Waals surface area contributed by atoms with E-state index in [9.17, 15) is 32.3 Å². The Morgan fingerprint density at radius 3 is 2.48 bits per heavy atom. The number of aliphatic hydroxyl groups is 1. The third-order valence-electron chi connectivity index (χ3n) is 6.72. The Kier molecular flexibility index (Phi) is 7.16. The molecule has 1 aliphatic heterocycles. The molecule has 1 aromatic heterocycles. The molecule has 2 aromatic carbocycles. The van der Waals surface area contributed by atoms with Crippen molar-refractivity contribution >= 4 is 11.8 Å². The highest BCUT2D eigenvalue weighted by molar-refractivity contribution is 5.95. The van der Waals surface area contributed by atoms with Gasteiger partial charge in [0.1, 0.15) is 41.1 Å². The highest BCUT2D eigenvalue weighted by Crippen LogP contribution is 2.47. The molecule has 2 amide bonds. The normalized spacial score (nSPS) is 17.6. The van der Waals surface area contributed by atoms with Gasteiger partial charge in [-0.2, -0.15) is 18.4 Å². The highest BCUT2D eigenvalue weighted by atomic mass is 19.4. The number of alkyl halides is 3. The molecule has 0 saturated carbocycles. The van der Waals surface area contributed by atoms with Crippen LogP contribution in [0.3, 0.4) is 0 Å². The zero-order chi connectivity index (χ0) is 29.5. The van der Waals surface area contributed by atoms with E-state index in [-0.39, 0.29) is 46.1 Å². The summed E-state index contributed by atoms with van der Waals surface area (Å²) in [6, 6.07) is 10.9. The van der Waals surface area contributed by atoms with Gasteiger partial charge in [0, 0.05) is 16.7 Å². The van der Waals surface area contributed by atoms with E-state index in [4.69, 9.17) is 20.5 Å². The lowest BCUT2D eigenvalue weighted by Gasteiger charge is -2.31. The maximum Gasteiger partial charge on any atom is 0.424 e. The minimum absolute atomic E-state index is 0.0243. The molecule has 1 unspecified atom stereocenters. The molecule has 2 atom stereocenters. The van der Waals surface area contributed by atoms with Gasteiger partial charge < -0.3 is 25.6 Å². The van der Waals surface area contributed by atoms with E-state index in [1.54, 1.807) is 0 Å². The Balaban J connectivity index is 1.81. The lowest BCUT2D eigenvalue weighted by atomic mass is 9.81. The van der Waals surface area contributed by atoms with Crippen molar-refractivity contribution in [2.45, 2.75) is 24.1 Å². The number of methoxy groups -OCH3 is 1. The smallest absolute Gasteiger partial charge is 0.424 e. The number of nitrogens with one attached hydrogen (secondary N) is 1. The largest absolute Gasteiger partial charge is 0.495 e. The van der Waals surface area contributed by atoms with Crippen LogP contribution >= 0.6 is 0 Å². The number of carbonyl (C=O) groups is 2. The Morgan fingerprint density at radius 2 is 1.90 bits per heavy atom. The number of rotatable bonds is 7. The third-order valence-corrected chi connectivity index (χ3v) is 6.72. The zero-order valence-electron chi connectivity index (χ0n) is 21.1. The molecule has 0 radical (unpaired) electrons. The summed E-state index contributed by atoms with van der Waals surface area (Å²) in [6.45, 7) is -0.314. The van der Waals surface area contributed by atoms with Crippen LogP contribution in [0.15, 0.2) is 48.5 Å². The van der Waals surface area contributed by atoms with Gasteiger partial charge in [0.25, 0.3) is 5.91 Å². The van der Waals surface area contributed by atoms with E-state index < -0.39 is 47.1 Å². The van der Waals surface area contributed by atoms with Crippen molar-refractivity contribution in [3.63, 3.8) is 0 Å². The molecular weight excluding hydrogens is 536 g/mol. The first-order valence-corrected chi connectivity index (χ1v) is 11.6. The second-order valence-corrected chi connectivity index (χ2v) is 9.29. The van der Waals surface area contributed by atoms with E-state index in [0.717, 1.165) is 24.3 Å². The molecule has 1 aliphatic rings. The van der Waals surface area contributed by atoms with Crippen LogP contribution in [-0.4, -0.2) is 48.3 Å². The zero-order valence-corrected chi connectivity index (χ0v) is 21.1. The molecule has 0 saturated heterocycles. The third kappa shape index (κ3) is 4.77. The van der Waals surface area contributed by atoms with Crippen molar-refractivity contribution in [2.24, 2.45) is 5.73 Å². The number of nitriles is 1. The summed E-state index contributed by atoms with van der Waals surface area (Å²) < 4.78 is 67.7. The van der Waals surface area contributed by atoms with Crippen LogP contribution < -0.4 is 20.5 Å². The van der Waals surface area contributed by atoms with E-state index >= 15 is 0 Å². The van der Waals surface area contributed by atoms with Crippen molar-refractivity contribution in [3.05, 3.63) is 76.7 Å². The average Bonchev–Trinajstić information content (AvgIpc) is 3.28. The summed E-state index contributed by atoms with van der Waals surface area (Å²) in [7, 11) is 1.25. The number of nitrogens with two attached hydrogens (primary N) is 1. The van der Waals surface area contributed by atoms with Crippen LogP contribution in [0.4, 0.5) is 17.6 Å². The first-order valence-electron chi connectivity index (χ1n) is 11.6. The van der Waals surface area contributed by atoms with Gasteiger partial charge in [0.15, 0.2) is 0 Å². The molecule has 9 nitrogen and oxygen atoms in total. The summed E-state index contributed by atoms with van der Waals surface area (Å²) in [4.78, 5) is 29.1. The summed E-state index contributed by atoms with van der Waals surface area (Å²) in [5, 5.41) is 22.2. The summed E-state index contributed by atoms with van der Waals surface area (Å²) in [5.74, 6) is -2.54. The van der Waals surface area contributed by atoms with Gasteiger partial charge in [0.05, 0.1) is 24.9 Å². The van der Waals surface area contributed by atoms with Crippen molar-refractivity contribution in [2.75, 3.05) is 20.3 Å². The Morgan fingerprint density at radius 1 is 1.23 bits per heavy atom. The maximum absolute atomic E-state index is 14.5. The minimum atomic E-state index is -5.37. The summed E-state index contributed by atoms with van der Waals surface area (Å²) in [6.07, 6.45) is -5.37. The van der Waals surface area contributed by atoms with Crippen LogP contribution in [-0.2, 0) is 15.8 Å². The SMILES string of the molecule is COc1cc(C(=O)NCC(O)(c2cc3c(c(-c4ccc(F)cc4)n2)OC[C@]3(C)C(N)=O)C(F)(F)F)ccc1C#N. The quantitative estimate of drug-likeness (QED) is 0.378. The van der Waals surface area contributed by atoms with Crippen LogP contribution in [0, 0.1) is 17.1 Å². The standard InChI is InChI=1S/C27H22F4N4O5/c1-25(24(33)37)13-40-22-18(25)10-20(35-21(22)14-5-7-17(28)8-6-14)26(38,27(29,30)31)12-34-23(36)15-3-4-16(11-32)19(9-15)39-2/h3-10,38H,12-13H2,1-2H3,(H2,33,37)(H,34,36)/t25-,26?/m0/s1. The van der Waals surface area contributed by atoms with Crippen molar-refractivity contribution in [3.8, 4) is 28.8 Å². The number of primary amides is 1. The number of halogens is 4. The number of nitrogens with zero attached hydrogens (tertiary/aromatic N) is 2. The number of ether oxygens (including phenoxy) is 2. The summed E-state index contributed by atoms with van der Waals surface area (Å²) >= 11 is 0. The average molecular weight is 558 g/mol. The number of amides is 2. The molecule has 0 fully saturated rings. The predicted molar refractivity (Wildman–Crippen MR) is 132 cm³/mol. The maximum atomic E-state index is 14.5. The molecule has 0 aliphatic carbocycles. The topological polar surface area (TPSA) is 148 Å². The fraction of sp³-hybridized carbons (Fsp3) is 0.259. The molecule has 3 aromatic rings. The van der Waals surface area contributed by atoms with E-state index in [2.05, 4.69) is 10.3 Å². The first-order chi connectivity index (χ1) is 18.7. The Labute approximate surface area is 225 Å². The number of hydrogen-bond acceptors (Lipinski definition) is 7. The molecule has 0 spiro atoms. The van der Waals surface area contributed by atoms with Crippen molar-refractivity contribution < 1.29 is 41.7 Å². The van der Waals surface area contributed by atoms with Gasteiger partial charge in [-0.05, 0) is 55.5 Å². The van der Waals surface area contributed by atoms with Crippen molar-refractivity contribution in [1.82, 2.24) is 10.3 Å². The molecule has 0 bridgehead atoms. The predicted octanol–water partition coefficient (Wildman–Crippen LogP) is 3.08. The van der Waals surface area contributed by atoms with Gasteiger partial charge >= 0.3 is 6.18 Å². The fourth-order valence-electron chi connectivity index (χ4n) is 4.17.